The lowest BCUT2D eigenvalue weighted by atomic mass is 9.73. The third kappa shape index (κ3) is 7.49. The van der Waals surface area contributed by atoms with Crippen LogP contribution in [0.2, 0.25) is 0 Å². The van der Waals surface area contributed by atoms with Gasteiger partial charge < -0.3 is 9.47 Å². The molecule has 0 amide bonds. The summed E-state index contributed by atoms with van der Waals surface area (Å²) in [6, 6.07) is 0. The second kappa shape index (κ2) is 12.8. The minimum absolute atomic E-state index is 0.00194. The lowest BCUT2D eigenvalue weighted by Gasteiger charge is -2.33. The fraction of sp³-hybridized carbons (Fsp3) is 0.926. The molecule has 2 aliphatic rings. The fourth-order valence-corrected chi connectivity index (χ4v) is 6.06. The van der Waals surface area contributed by atoms with Crippen LogP contribution in [0, 0.1) is 47.3 Å². The van der Waals surface area contributed by atoms with E-state index in [-0.39, 0.29) is 23.8 Å². The van der Waals surface area contributed by atoms with Crippen LogP contribution in [-0.2, 0) is 19.1 Å². The van der Waals surface area contributed by atoms with Gasteiger partial charge in [0.1, 0.15) is 0 Å². The highest BCUT2D eigenvalue weighted by Crippen LogP contribution is 2.36. The van der Waals surface area contributed by atoms with Crippen molar-refractivity contribution in [2.45, 2.75) is 99.3 Å². The van der Waals surface area contributed by atoms with Gasteiger partial charge >= 0.3 is 11.9 Å². The van der Waals surface area contributed by atoms with Gasteiger partial charge in [-0.3, -0.25) is 9.59 Å². The Bertz CT molecular complexity index is 491. The van der Waals surface area contributed by atoms with Gasteiger partial charge in [0.15, 0.2) is 0 Å². The molecule has 0 radical (unpaired) electrons. The summed E-state index contributed by atoms with van der Waals surface area (Å²) in [4.78, 5) is 25.5. The molecule has 4 nitrogen and oxygen atoms in total. The van der Waals surface area contributed by atoms with E-state index in [9.17, 15) is 9.59 Å². The number of ether oxygens (including phenoxy) is 2. The third-order valence-electron chi connectivity index (χ3n) is 8.38. The summed E-state index contributed by atoms with van der Waals surface area (Å²) < 4.78 is 11.6. The van der Waals surface area contributed by atoms with Gasteiger partial charge in [0.2, 0.25) is 0 Å². The summed E-state index contributed by atoms with van der Waals surface area (Å²) in [6.45, 7) is 14.1. The van der Waals surface area contributed by atoms with E-state index in [1.165, 1.54) is 12.8 Å². The molecule has 6 atom stereocenters. The van der Waals surface area contributed by atoms with Crippen molar-refractivity contribution in [3.05, 3.63) is 0 Å². The van der Waals surface area contributed by atoms with Gasteiger partial charge in [-0.25, -0.2) is 0 Å². The Morgan fingerprint density at radius 2 is 1.00 bits per heavy atom. The molecule has 0 aromatic rings. The van der Waals surface area contributed by atoms with E-state index in [0.717, 1.165) is 44.9 Å². The predicted molar refractivity (Wildman–Crippen MR) is 125 cm³/mol. The SMILES string of the molecule is CCC(COC(=O)C1C(C)CCCC1C)CC(CC)COC(=O)C1C(C)CCCC1C. The van der Waals surface area contributed by atoms with Crippen LogP contribution in [0.5, 0.6) is 0 Å². The Morgan fingerprint density at radius 3 is 1.29 bits per heavy atom. The van der Waals surface area contributed by atoms with Crippen LogP contribution >= 0.6 is 0 Å². The molecule has 0 aromatic heterocycles. The second-order valence-electron chi connectivity index (χ2n) is 10.9. The van der Waals surface area contributed by atoms with E-state index in [2.05, 4.69) is 41.5 Å². The van der Waals surface area contributed by atoms with Gasteiger partial charge in [-0.05, 0) is 67.6 Å². The Kier molecular flexibility index (Phi) is 10.9. The van der Waals surface area contributed by atoms with E-state index < -0.39 is 0 Å². The van der Waals surface area contributed by atoms with Gasteiger partial charge in [0.05, 0.1) is 25.0 Å². The van der Waals surface area contributed by atoms with Crippen LogP contribution in [0.4, 0.5) is 0 Å². The fourth-order valence-electron chi connectivity index (χ4n) is 6.06. The highest BCUT2D eigenvalue weighted by Gasteiger charge is 2.36. The first-order valence-electron chi connectivity index (χ1n) is 13.1. The summed E-state index contributed by atoms with van der Waals surface area (Å²) in [5.74, 6) is 2.43. The summed E-state index contributed by atoms with van der Waals surface area (Å²) >= 11 is 0. The van der Waals surface area contributed by atoms with Crippen molar-refractivity contribution >= 4 is 11.9 Å². The van der Waals surface area contributed by atoms with Crippen LogP contribution in [0.15, 0.2) is 0 Å². The molecular formula is C27H48O4. The predicted octanol–water partition coefficient (Wildman–Crippen LogP) is 6.66. The van der Waals surface area contributed by atoms with E-state index in [0.29, 0.717) is 48.7 Å². The minimum atomic E-state index is -0.00194. The molecule has 0 saturated heterocycles. The first-order valence-corrected chi connectivity index (χ1v) is 13.1. The molecule has 2 aliphatic carbocycles. The van der Waals surface area contributed by atoms with Crippen molar-refractivity contribution in [3.8, 4) is 0 Å². The standard InChI is InChI=1S/C27H48O4/c1-7-22(16-30-26(28)24-18(3)11-9-12-19(24)4)15-23(8-2)17-31-27(29)25-20(5)13-10-14-21(25)6/h18-25H,7-17H2,1-6H3. The third-order valence-corrected chi connectivity index (χ3v) is 8.38. The lowest BCUT2D eigenvalue weighted by molar-refractivity contribution is -0.156. The molecule has 4 heteroatoms. The Labute approximate surface area is 191 Å². The zero-order valence-corrected chi connectivity index (χ0v) is 21.0. The molecule has 0 bridgehead atoms. The lowest BCUT2D eigenvalue weighted by Crippen LogP contribution is -2.35. The number of esters is 2. The molecule has 0 aromatic carbocycles. The average Bonchev–Trinajstić information content (AvgIpc) is 2.73. The molecule has 0 heterocycles. The normalized spacial score (nSPS) is 33.4. The van der Waals surface area contributed by atoms with E-state index in [1.807, 2.05) is 0 Å². The van der Waals surface area contributed by atoms with Gasteiger partial charge in [0, 0.05) is 0 Å². The highest BCUT2D eigenvalue weighted by molar-refractivity contribution is 5.73. The summed E-state index contributed by atoms with van der Waals surface area (Å²) in [7, 11) is 0. The van der Waals surface area contributed by atoms with Crippen molar-refractivity contribution < 1.29 is 19.1 Å². The van der Waals surface area contributed by atoms with E-state index in [1.54, 1.807) is 0 Å². The highest BCUT2D eigenvalue weighted by atomic mass is 16.5. The van der Waals surface area contributed by atoms with E-state index in [4.69, 9.17) is 9.47 Å². The number of carbonyl (C=O) groups is 2. The minimum Gasteiger partial charge on any atom is -0.465 e. The maximum Gasteiger partial charge on any atom is 0.309 e. The van der Waals surface area contributed by atoms with Crippen molar-refractivity contribution in [1.82, 2.24) is 0 Å². The molecule has 6 unspecified atom stereocenters. The summed E-state index contributed by atoms with van der Waals surface area (Å²) in [5, 5.41) is 0. The average molecular weight is 437 g/mol. The molecule has 2 fully saturated rings. The van der Waals surface area contributed by atoms with Crippen LogP contribution in [-0.4, -0.2) is 25.2 Å². The van der Waals surface area contributed by atoms with Crippen molar-refractivity contribution in [1.29, 1.82) is 0 Å². The quantitative estimate of drug-likeness (QED) is 0.359. The van der Waals surface area contributed by atoms with E-state index >= 15 is 0 Å². The first-order chi connectivity index (χ1) is 14.8. The van der Waals surface area contributed by atoms with Crippen LogP contribution in [0.1, 0.15) is 99.3 Å². The van der Waals surface area contributed by atoms with Crippen molar-refractivity contribution in [2.75, 3.05) is 13.2 Å². The molecule has 0 N–H and O–H groups in total. The van der Waals surface area contributed by atoms with Gasteiger partial charge in [-0.2, -0.15) is 0 Å². The topological polar surface area (TPSA) is 52.6 Å². The molecule has 0 aliphatic heterocycles. The number of hydrogen-bond donors (Lipinski definition) is 0. The molecule has 0 spiro atoms. The number of rotatable bonds is 10. The first kappa shape index (κ1) is 26.2. The van der Waals surface area contributed by atoms with Crippen molar-refractivity contribution in [3.63, 3.8) is 0 Å². The summed E-state index contributed by atoms with van der Waals surface area (Å²) in [5.41, 5.74) is 0. The van der Waals surface area contributed by atoms with Crippen LogP contribution in [0.3, 0.4) is 0 Å². The van der Waals surface area contributed by atoms with Gasteiger partial charge in [-0.1, -0.05) is 67.2 Å². The zero-order chi connectivity index (χ0) is 23.0. The summed E-state index contributed by atoms with van der Waals surface area (Å²) in [6.07, 6.45) is 9.85. The van der Waals surface area contributed by atoms with Gasteiger partial charge in [0.25, 0.3) is 0 Å². The largest absolute Gasteiger partial charge is 0.465 e. The molecule has 180 valence electrons. The molecule has 2 saturated carbocycles. The zero-order valence-electron chi connectivity index (χ0n) is 21.0. The Morgan fingerprint density at radius 1 is 0.677 bits per heavy atom. The molecule has 31 heavy (non-hydrogen) atoms. The Balaban J connectivity index is 1.80. The molecule has 2 rings (SSSR count). The van der Waals surface area contributed by atoms with Crippen molar-refractivity contribution in [2.24, 2.45) is 47.3 Å². The Hall–Kier alpha value is -1.06. The maximum absolute atomic E-state index is 12.8. The smallest absolute Gasteiger partial charge is 0.309 e. The van der Waals surface area contributed by atoms with Crippen LogP contribution < -0.4 is 0 Å². The maximum atomic E-state index is 12.8. The second-order valence-corrected chi connectivity index (χ2v) is 10.9. The number of hydrogen-bond acceptors (Lipinski definition) is 4. The van der Waals surface area contributed by atoms with Crippen LogP contribution in [0.25, 0.3) is 0 Å². The monoisotopic (exact) mass is 436 g/mol. The number of carbonyl (C=O) groups excluding carboxylic acids is 2. The van der Waals surface area contributed by atoms with Gasteiger partial charge in [-0.15, -0.1) is 0 Å². The molecular weight excluding hydrogens is 388 g/mol.